The summed E-state index contributed by atoms with van der Waals surface area (Å²) in [5.74, 6) is 0.915. The summed E-state index contributed by atoms with van der Waals surface area (Å²) in [7, 11) is 0. The Morgan fingerprint density at radius 3 is 2.32 bits per heavy atom. The number of carbonyl (C=O) groups excluding carboxylic acids is 1. The number of amides is 1. The van der Waals surface area contributed by atoms with E-state index in [0.717, 1.165) is 29.1 Å². The summed E-state index contributed by atoms with van der Waals surface area (Å²) in [6, 6.07) is 9.70. The van der Waals surface area contributed by atoms with E-state index in [1.165, 1.54) is 0 Å². The number of hydrogen-bond donors (Lipinski definition) is 0. The molecule has 0 spiro atoms. The molecule has 2 heterocycles. The summed E-state index contributed by atoms with van der Waals surface area (Å²) in [6.45, 7) is 2.98. The van der Waals surface area contributed by atoms with Crippen LogP contribution in [-0.2, 0) is 11.2 Å². The van der Waals surface area contributed by atoms with Crippen LogP contribution in [0.3, 0.4) is 0 Å². The van der Waals surface area contributed by atoms with Gasteiger partial charge in [-0.2, -0.15) is 0 Å². The van der Waals surface area contributed by atoms with Crippen LogP contribution in [0.2, 0.25) is 0 Å². The van der Waals surface area contributed by atoms with E-state index in [1.54, 1.807) is 12.4 Å². The molecule has 1 aromatic carbocycles. The van der Waals surface area contributed by atoms with Gasteiger partial charge in [-0.1, -0.05) is 28.1 Å². The minimum atomic E-state index is 0.177. The number of hydrogen-bond acceptors (Lipinski definition) is 4. The minimum Gasteiger partial charge on any atom is -0.339 e. The van der Waals surface area contributed by atoms with E-state index >= 15 is 0 Å². The first kappa shape index (κ1) is 15.0. The molecule has 1 saturated heterocycles. The van der Waals surface area contributed by atoms with Gasteiger partial charge in [-0.15, -0.1) is 0 Å². The molecule has 6 heteroatoms. The molecule has 0 bridgehead atoms. The van der Waals surface area contributed by atoms with Crippen LogP contribution in [0.25, 0.3) is 0 Å². The Kier molecular flexibility index (Phi) is 4.68. The Balaban J connectivity index is 1.54. The summed E-state index contributed by atoms with van der Waals surface area (Å²) < 4.78 is 1.03. The molecule has 1 amide bonds. The average molecular weight is 361 g/mol. The second-order valence-electron chi connectivity index (χ2n) is 5.22. The first-order valence-corrected chi connectivity index (χ1v) is 8.06. The molecule has 2 aromatic rings. The van der Waals surface area contributed by atoms with Gasteiger partial charge in [-0.05, 0) is 23.8 Å². The largest absolute Gasteiger partial charge is 0.339 e. The van der Waals surface area contributed by atoms with Crippen molar-refractivity contribution in [2.24, 2.45) is 0 Å². The molecule has 3 rings (SSSR count). The lowest BCUT2D eigenvalue weighted by molar-refractivity contribution is -0.130. The fourth-order valence-electron chi connectivity index (χ4n) is 2.50. The second-order valence-corrected chi connectivity index (χ2v) is 6.14. The third-order valence-corrected chi connectivity index (χ3v) is 4.26. The highest BCUT2D eigenvalue weighted by atomic mass is 79.9. The third-order valence-electron chi connectivity index (χ3n) is 3.74. The molecule has 5 nitrogen and oxygen atoms in total. The highest BCUT2D eigenvalue weighted by Gasteiger charge is 2.22. The molecule has 114 valence electrons. The predicted octanol–water partition coefficient (Wildman–Crippen LogP) is 2.13. The van der Waals surface area contributed by atoms with Gasteiger partial charge < -0.3 is 9.80 Å². The van der Waals surface area contributed by atoms with E-state index < -0.39 is 0 Å². The zero-order valence-corrected chi connectivity index (χ0v) is 13.7. The van der Waals surface area contributed by atoms with Gasteiger partial charge in [0.05, 0.1) is 6.42 Å². The van der Waals surface area contributed by atoms with Crippen LogP contribution in [0.15, 0.2) is 47.2 Å². The van der Waals surface area contributed by atoms with Crippen molar-refractivity contribution in [2.45, 2.75) is 6.42 Å². The minimum absolute atomic E-state index is 0.177. The first-order chi connectivity index (χ1) is 10.7. The van der Waals surface area contributed by atoms with Crippen LogP contribution in [0.1, 0.15) is 5.56 Å². The Labute approximate surface area is 138 Å². The first-order valence-electron chi connectivity index (χ1n) is 7.26. The molecule has 0 unspecified atom stereocenters. The van der Waals surface area contributed by atoms with Crippen molar-refractivity contribution >= 4 is 27.8 Å². The Morgan fingerprint density at radius 2 is 1.68 bits per heavy atom. The number of piperazine rings is 1. The van der Waals surface area contributed by atoms with Gasteiger partial charge in [-0.25, -0.2) is 9.97 Å². The molecule has 0 saturated carbocycles. The van der Waals surface area contributed by atoms with E-state index in [9.17, 15) is 4.79 Å². The van der Waals surface area contributed by atoms with E-state index in [4.69, 9.17) is 0 Å². The van der Waals surface area contributed by atoms with Gasteiger partial charge >= 0.3 is 0 Å². The highest BCUT2D eigenvalue weighted by molar-refractivity contribution is 9.10. The lowest BCUT2D eigenvalue weighted by atomic mass is 10.1. The summed E-state index contributed by atoms with van der Waals surface area (Å²) in [5.41, 5.74) is 1.04. The molecule has 1 fully saturated rings. The Hall–Kier alpha value is -1.95. The summed E-state index contributed by atoms with van der Waals surface area (Å²) in [5, 5.41) is 0. The number of anilines is 1. The van der Waals surface area contributed by atoms with Crippen LogP contribution in [-0.4, -0.2) is 47.0 Å². The lowest BCUT2D eigenvalue weighted by Crippen LogP contribution is -2.49. The average Bonchev–Trinajstić information content (AvgIpc) is 2.58. The standard InChI is InChI=1S/C16H17BrN4O/c17-14-4-2-13(3-5-14)12-15(22)20-8-10-21(11-9-20)16-18-6-1-7-19-16/h1-7H,8-12H2. The van der Waals surface area contributed by atoms with Crippen molar-refractivity contribution in [3.8, 4) is 0 Å². The smallest absolute Gasteiger partial charge is 0.227 e. The lowest BCUT2D eigenvalue weighted by Gasteiger charge is -2.34. The van der Waals surface area contributed by atoms with Crippen LogP contribution >= 0.6 is 15.9 Å². The SMILES string of the molecule is O=C(Cc1ccc(Br)cc1)N1CCN(c2ncccn2)CC1. The Morgan fingerprint density at radius 1 is 1.05 bits per heavy atom. The molecular formula is C16H17BrN4O. The van der Waals surface area contributed by atoms with Gasteiger partial charge in [0.25, 0.3) is 0 Å². The summed E-state index contributed by atoms with van der Waals surface area (Å²) in [4.78, 5) is 24.9. The second kappa shape index (κ2) is 6.87. The number of nitrogens with zero attached hydrogens (tertiary/aromatic N) is 4. The van der Waals surface area contributed by atoms with Crippen molar-refractivity contribution < 1.29 is 4.79 Å². The third kappa shape index (κ3) is 3.62. The molecule has 0 atom stereocenters. The molecule has 1 aromatic heterocycles. The number of carbonyl (C=O) groups is 1. The fourth-order valence-corrected chi connectivity index (χ4v) is 2.76. The zero-order chi connectivity index (χ0) is 15.4. The molecule has 1 aliphatic rings. The monoisotopic (exact) mass is 360 g/mol. The van der Waals surface area contributed by atoms with Crippen LogP contribution < -0.4 is 4.90 Å². The number of halogens is 1. The van der Waals surface area contributed by atoms with E-state index in [0.29, 0.717) is 19.5 Å². The maximum Gasteiger partial charge on any atom is 0.227 e. The van der Waals surface area contributed by atoms with Crippen LogP contribution in [0, 0.1) is 0 Å². The summed E-state index contributed by atoms with van der Waals surface area (Å²) in [6.07, 6.45) is 3.94. The normalized spacial score (nSPS) is 15.0. The van der Waals surface area contributed by atoms with E-state index in [1.807, 2.05) is 35.2 Å². The molecule has 22 heavy (non-hydrogen) atoms. The van der Waals surface area contributed by atoms with Gasteiger partial charge in [-0.3, -0.25) is 4.79 Å². The quantitative estimate of drug-likeness (QED) is 0.841. The predicted molar refractivity (Wildman–Crippen MR) is 88.7 cm³/mol. The molecular weight excluding hydrogens is 344 g/mol. The number of benzene rings is 1. The Bertz CT molecular complexity index is 624. The fraction of sp³-hybridized carbons (Fsp3) is 0.312. The summed E-state index contributed by atoms with van der Waals surface area (Å²) >= 11 is 3.40. The zero-order valence-electron chi connectivity index (χ0n) is 12.2. The maximum atomic E-state index is 12.4. The van der Waals surface area contributed by atoms with Crippen LogP contribution in [0.4, 0.5) is 5.95 Å². The molecule has 1 aliphatic heterocycles. The van der Waals surface area contributed by atoms with Gasteiger partial charge in [0.2, 0.25) is 11.9 Å². The van der Waals surface area contributed by atoms with Crippen molar-refractivity contribution in [3.05, 3.63) is 52.8 Å². The van der Waals surface area contributed by atoms with Gasteiger partial charge in [0.1, 0.15) is 0 Å². The van der Waals surface area contributed by atoms with Crippen molar-refractivity contribution in [2.75, 3.05) is 31.1 Å². The van der Waals surface area contributed by atoms with Crippen molar-refractivity contribution in [1.29, 1.82) is 0 Å². The topological polar surface area (TPSA) is 49.3 Å². The van der Waals surface area contributed by atoms with Gasteiger partial charge in [0, 0.05) is 43.0 Å². The van der Waals surface area contributed by atoms with Crippen LogP contribution in [0.5, 0.6) is 0 Å². The molecule has 0 N–H and O–H groups in total. The highest BCUT2D eigenvalue weighted by Crippen LogP contribution is 2.13. The molecule has 0 aliphatic carbocycles. The van der Waals surface area contributed by atoms with E-state index in [2.05, 4.69) is 30.8 Å². The van der Waals surface area contributed by atoms with Crippen molar-refractivity contribution in [1.82, 2.24) is 14.9 Å². The number of aromatic nitrogens is 2. The maximum absolute atomic E-state index is 12.4. The number of rotatable bonds is 3. The van der Waals surface area contributed by atoms with Gasteiger partial charge in [0.15, 0.2) is 0 Å². The van der Waals surface area contributed by atoms with E-state index in [-0.39, 0.29) is 5.91 Å². The van der Waals surface area contributed by atoms with Crippen molar-refractivity contribution in [3.63, 3.8) is 0 Å². The molecule has 0 radical (unpaired) electrons.